The van der Waals surface area contributed by atoms with Crippen molar-refractivity contribution in [3.63, 3.8) is 0 Å². The molecular formula is C16H12BrFN2. The Morgan fingerprint density at radius 3 is 2.80 bits per heavy atom. The van der Waals surface area contributed by atoms with Crippen molar-refractivity contribution in [2.75, 3.05) is 5.32 Å². The predicted molar refractivity (Wildman–Crippen MR) is 83.2 cm³/mol. The standard InChI is InChI=1S/C16H12BrFN2/c17-13-7-6-11(9-14(13)18)10-20-15-5-1-3-12-4-2-8-19-16(12)15/h1-9,20H,10H2. The van der Waals surface area contributed by atoms with Gasteiger partial charge in [-0.15, -0.1) is 0 Å². The zero-order valence-corrected chi connectivity index (χ0v) is 12.2. The molecule has 0 atom stereocenters. The van der Waals surface area contributed by atoms with Gasteiger partial charge in [-0.3, -0.25) is 4.98 Å². The summed E-state index contributed by atoms with van der Waals surface area (Å²) >= 11 is 3.15. The Bertz CT molecular complexity index is 753. The molecule has 0 spiro atoms. The highest BCUT2D eigenvalue weighted by Gasteiger charge is 2.03. The highest BCUT2D eigenvalue weighted by molar-refractivity contribution is 9.10. The molecule has 1 N–H and O–H groups in total. The smallest absolute Gasteiger partial charge is 0.137 e. The first-order valence-corrected chi connectivity index (χ1v) is 7.05. The van der Waals surface area contributed by atoms with Gasteiger partial charge in [-0.05, 0) is 45.8 Å². The lowest BCUT2D eigenvalue weighted by molar-refractivity contribution is 0.619. The molecule has 1 heterocycles. The van der Waals surface area contributed by atoms with E-state index in [1.54, 1.807) is 12.3 Å². The molecule has 0 saturated carbocycles. The summed E-state index contributed by atoms with van der Waals surface area (Å²) in [5, 5.41) is 4.39. The van der Waals surface area contributed by atoms with Crippen molar-refractivity contribution < 1.29 is 4.39 Å². The van der Waals surface area contributed by atoms with Crippen LogP contribution >= 0.6 is 15.9 Å². The van der Waals surface area contributed by atoms with E-state index in [0.717, 1.165) is 22.2 Å². The lowest BCUT2D eigenvalue weighted by Gasteiger charge is -2.09. The second-order valence-electron chi connectivity index (χ2n) is 4.48. The topological polar surface area (TPSA) is 24.9 Å². The fourth-order valence-corrected chi connectivity index (χ4v) is 2.34. The molecule has 0 aliphatic carbocycles. The molecule has 0 unspecified atom stereocenters. The predicted octanol–water partition coefficient (Wildman–Crippen LogP) is 4.75. The third-order valence-corrected chi connectivity index (χ3v) is 3.74. The van der Waals surface area contributed by atoms with Gasteiger partial charge in [0.15, 0.2) is 0 Å². The summed E-state index contributed by atoms with van der Waals surface area (Å²) < 4.78 is 14.0. The Labute approximate surface area is 124 Å². The van der Waals surface area contributed by atoms with E-state index in [4.69, 9.17) is 0 Å². The number of nitrogens with zero attached hydrogens (tertiary/aromatic N) is 1. The fraction of sp³-hybridized carbons (Fsp3) is 0.0625. The molecule has 0 fully saturated rings. The number of halogens is 2. The Balaban J connectivity index is 1.85. The van der Waals surface area contributed by atoms with E-state index in [9.17, 15) is 4.39 Å². The van der Waals surface area contributed by atoms with Crippen LogP contribution in [0.15, 0.2) is 59.2 Å². The van der Waals surface area contributed by atoms with Crippen molar-refractivity contribution in [2.45, 2.75) is 6.54 Å². The van der Waals surface area contributed by atoms with Crippen molar-refractivity contribution in [3.05, 3.63) is 70.6 Å². The van der Waals surface area contributed by atoms with Crippen LogP contribution in [0.4, 0.5) is 10.1 Å². The molecule has 100 valence electrons. The number of benzene rings is 2. The summed E-state index contributed by atoms with van der Waals surface area (Å²) in [4.78, 5) is 4.38. The summed E-state index contributed by atoms with van der Waals surface area (Å²) in [6, 6.07) is 15.0. The average molecular weight is 331 g/mol. The van der Waals surface area contributed by atoms with Gasteiger partial charge < -0.3 is 5.32 Å². The van der Waals surface area contributed by atoms with Crippen LogP contribution in [0.2, 0.25) is 0 Å². The largest absolute Gasteiger partial charge is 0.379 e. The third kappa shape index (κ3) is 2.65. The monoisotopic (exact) mass is 330 g/mol. The molecule has 4 heteroatoms. The molecule has 2 aromatic carbocycles. The zero-order valence-electron chi connectivity index (χ0n) is 10.6. The summed E-state index contributed by atoms with van der Waals surface area (Å²) in [5.41, 5.74) is 2.76. The minimum Gasteiger partial charge on any atom is -0.379 e. The summed E-state index contributed by atoms with van der Waals surface area (Å²) in [7, 11) is 0. The van der Waals surface area contributed by atoms with E-state index in [1.165, 1.54) is 6.07 Å². The lowest BCUT2D eigenvalue weighted by Crippen LogP contribution is -2.01. The number of rotatable bonds is 3. The van der Waals surface area contributed by atoms with Crippen LogP contribution < -0.4 is 5.32 Å². The SMILES string of the molecule is Fc1cc(CNc2cccc3cccnc23)ccc1Br. The quantitative estimate of drug-likeness (QED) is 0.749. The van der Waals surface area contributed by atoms with Crippen molar-refractivity contribution >= 4 is 32.5 Å². The minimum atomic E-state index is -0.250. The summed E-state index contributed by atoms with van der Waals surface area (Å²) in [6.07, 6.45) is 1.77. The molecule has 3 aromatic rings. The van der Waals surface area contributed by atoms with Crippen LogP contribution in [0.3, 0.4) is 0 Å². The van der Waals surface area contributed by atoms with Gasteiger partial charge in [0.2, 0.25) is 0 Å². The molecule has 0 amide bonds. The van der Waals surface area contributed by atoms with E-state index in [0.29, 0.717) is 11.0 Å². The molecule has 3 rings (SSSR count). The van der Waals surface area contributed by atoms with Gasteiger partial charge in [-0.2, -0.15) is 0 Å². The Kier molecular flexibility index (Phi) is 3.65. The number of para-hydroxylation sites is 1. The van der Waals surface area contributed by atoms with Gasteiger partial charge in [0.05, 0.1) is 15.7 Å². The number of fused-ring (bicyclic) bond motifs is 1. The van der Waals surface area contributed by atoms with Gasteiger partial charge in [-0.25, -0.2) is 4.39 Å². The minimum absolute atomic E-state index is 0.250. The van der Waals surface area contributed by atoms with Gasteiger partial charge in [0.25, 0.3) is 0 Å². The van der Waals surface area contributed by atoms with E-state index < -0.39 is 0 Å². The molecule has 20 heavy (non-hydrogen) atoms. The highest BCUT2D eigenvalue weighted by atomic mass is 79.9. The summed E-state index contributed by atoms with van der Waals surface area (Å²) in [6.45, 7) is 0.555. The number of pyridine rings is 1. The first kappa shape index (κ1) is 13.1. The van der Waals surface area contributed by atoms with E-state index >= 15 is 0 Å². The van der Waals surface area contributed by atoms with Crippen LogP contribution in [0.25, 0.3) is 10.9 Å². The number of hydrogen-bond donors (Lipinski definition) is 1. The number of hydrogen-bond acceptors (Lipinski definition) is 2. The molecule has 0 radical (unpaired) electrons. The van der Waals surface area contributed by atoms with Crippen molar-refractivity contribution in [3.8, 4) is 0 Å². The number of nitrogens with one attached hydrogen (secondary N) is 1. The zero-order chi connectivity index (χ0) is 13.9. The number of anilines is 1. The Hall–Kier alpha value is -1.94. The molecule has 1 aromatic heterocycles. The maximum atomic E-state index is 13.5. The average Bonchev–Trinajstić information content (AvgIpc) is 2.48. The van der Waals surface area contributed by atoms with Crippen LogP contribution in [0.1, 0.15) is 5.56 Å². The van der Waals surface area contributed by atoms with Gasteiger partial charge in [-0.1, -0.05) is 24.3 Å². The Morgan fingerprint density at radius 1 is 1.10 bits per heavy atom. The molecule has 2 nitrogen and oxygen atoms in total. The molecular weight excluding hydrogens is 319 g/mol. The van der Waals surface area contributed by atoms with Gasteiger partial charge in [0, 0.05) is 18.1 Å². The summed E-state index contributed by atoms with van der Waals surface area (Å²) in [5.74, 6) is -0.250. The van der Waals surface area contributed by atoms with E-state index in [2.05, 4.69) is 26.2 Å². The van der Waals surface area contributed by atoms with Gasteiger partial charge in [0.1, 0.15) is 5.82 Å². The van der Waals surface area contributed by atoms with Crippen LogP contribution in [0.5, 0.6) is 0 Å². The maximum absolute atomic E-state index is 13.5. The van der Waals surface area contributed by atoms with Crippen molar-refractivity contribution in [2.24, 2.45) is 0 Å². The third-order valence-electron chi connectivity index (χ3n) is 3.10. The molecule has 0 aliphatic heterocycles. The normalized spacial score (nSPS) is 10.7. The van der Waals surface area contributed by atoms with Gasteiger partial charge >= 0.3 is 0 Å². The van der Waals surface area contributed by atoms with Crippen LogP contribution in [0, 0.1) is 5.82 Å². The number of aromatic nitrogens is 1. The maximum Gasteiger partial charge on any atom is 0.137 e. The lowest BCUT2D eigenvalue weighted by atomic mass is 10.1. The highest BCUT2D eigenvalue weighted by Crippen LogP contribution is 2.22. The fourth-order valence-electron chi connectivity index (χ4n) is 2.09. The second-order valence-corrected chi connectivity index (χ2v) is 5.34. The first-order valence-electron chi connectivity index (χ1n) is 6.25. The molecule has 0 aliphatic rings. The van der Waals surface area contributed by atoms with Crippen LogP contribution in [-0.4, -0.2) is 4.98 Å². The van der Waals surface area contributed by atoms with Crippen molar-refractivity contribution in [1.29, 1.82) is 0 Å². The van der Waals surface area contributed by atoms with Crippen LogP contribution in [-0.2, 0) is 6.54 Å². The van der Waals surface area contributed by atoms with E-state index in [-0.39, 0.29) is 5.82 Å². The first-order chi connectivity index (χ1) is 9.74. The second kappa shape index (κ2) is 5.59. The molecule has 0 saturated heterocycles. The molecule has 0 bridgehead atoms. The van der Waals surface area contributed by atoms with Crippen molar-refractivity contribution in [1.82, 2.24) is 4.98 Å². The van der Waals surface area contributed by atoms with E-state index in [1.807, 2.05) is 36.4 Å². The Morgan fingerprint density at radius 2 is 1.95 bits per heavy atom.